The number of aldehydes is 2. The normalized spacial score (nSPS) is 42.1. The third-order valence-electron chi connectivity index (χ3n) is 7.02. The number of hydrogen-bond acceptors (Lipinski definition) is 3. The van der Waals surface area contributed by atoms with Crippen molar-refractivity contribution < 1.29 is 14.3 Å². The smallest absolute Gasteiger partial charge is 0.146 e. The monoisotopic (exact) mass is 318 g/mol. The summed E-state index contributed by atoms with van der Waals surface area (Å²) in [4.78, 5) is 21.8. The van der Waals surface area contributed by atoms with Crippen LogP contribution in [0, 0.1) is 22.7 Å². The molecule has 0 radical (unpaired) electrons. The van der Waals surface area contributed by atoms with Crippen LogP contribution in [0.4, 0.5) is 0 Å². The van der Waals surface area contributed by atoms with Crippen molar-refractivity contribution in [2.24, 2.45) is 22.7 Å². The van der Waals surface area contributed by atoms with Crippen LogP contribution in [0.1, 0.15) is 65.7 Å². The molecule has 0 amide bonds. The Morgan fingerprint density at radius 2 is 1.91 bits per heavy atom. The Bertz CT molecular complexity index is 515. The van der Waals surface area contributed by atoms with Crippen molar-refractivity contribution in [3.8, 4) is 0 Å². The highest BCUT2D eigenvalue weighted by atomic mass is 16.6. The van der Waals surface area contributed by atoms with Gasteiger partial charge < -0.3 is 9.53 Å². The van der Waals surface area contributed by atoms with Crippen LogP contribution < -0.4 is 0 Å². The lowest BCUT2D eigenvalue weighted by Gasteiger charge is -2.56. The molecule has 1 spiro atoms. The Hall–Kier alpha value is -0.960. The van der Waals surface area contributed by atoms with Gasteiger partial charge in [-0.1, -0.05) is 26.8 Å². The van der Waals surface area contributed by atoms with E-state index >= 15 is 0 Å². The molecule has 0 bridgehead atoms. The van der Waals surface area contributed by atoms with Crippen molar-refractivity contribution in [3.63, 3.8) is 0 Å². The largest absolute Gasteiger partial charge is 0.369 e. The predicted molar refractivity (Wildman–Crippen MR) is 90.1 cm³/mol. The number of epoxide rings is 1. The van der Waals surface area contributed by atoms with Crippen LogP contribution >= 0.6 is 0 Å². The fourth-order valence-corrected chi connectivity index (χ4v) is 5.37. The van der Waals surface area contributed by atoms with E-state index in [1.54, 1.807) is 0 Å². The van der Waals surface area contributed by atoms with E-state index in [1.165, 1.54) is 25.7 Å². The van der Waals surface area contributed by atoms with E-state index in [2.05, 4.69) is 20.8 Å². The van der Waals surface area contributed by atoms with Crippen LogP contribution in [-0.4, -0.2) is 24.8 Å². The number of carbonyl (C=O) groups is 2. The van der Waals surface area contributed by atoms with Crippen molar-refractivity contribution in [2.75, 3.05) is 6.61 Å². The standard InChI is InChI=1S/C20H30O3/c1-18(2)9-10-19(3)16(12-18)6-8-20(14-23-20)17(19)5-4-15(13-22)7-11-21/h4,11,13,16-17H,5-10,12,14H2,1-3H3/b15-4-/t16-,17+,19-,20+/m0/s1. The third kappa shape index (κ3) is 3.05. The van der Waals surface area contributed by atoms with Crippen LogP contribution in [-0.2, 0) is 14.3 Å². The fraction of sp³-hybridized carbons (Fsp3) is 0.800. The van der Waals surface area contributed by atoms with Crippen LogP contribution in [0.2, 0.25) is 0 Å². The first-order valence-electron chi connectivity index (χ1n) is 9.07. The van der Waals surface area contributed by atoms with Crippen LogP contribution in [0.25, 0.3) is 0 Å². The van der Waals surface area contributed by atoms with Gasteiger partial charge in [-0.3, -0.25) is 4.79 Å². The number of rotatable bonds is 5. The summed E-state index contributed by atoms with van der Waals surface area (Å²) >= 11 is 0. The van der Waals surface area contributed by atoms with Gasteiger partial charge in [-0.05, 0) is 66.8 Å². The summed E-state index contributed by atoms with van der Waals surface area (Å²) in [5.74, 6) is 1.23. The molecular weight excluding hydrogens is 288 g/mol. The molecule has 3 aliphatic rings. The van der Waals surface area contributed by atoms with Gasteiger partial charge in [-0.25, -0.2) is 0 Å². The molecule has 1 heterocycles. The number of hydrogen-bond donors (Lipinski definition) is 0. The quantitative estimate of drug-likeness (QED) is 0.435. The number of fused-ring (bicyclic) bond motifs is 1. The Balaban J connectivity index is 1.83. The summed E-state index contributed by atoms with van der Waals surface area (Å²) < 4.78 is 5.95. The van der Waals surface area contributed by atoms with Gasteiger partial charge >= 0.3 is 0 Å². The van der Waals surface area contributed by atoms with Crippen molar-refractivity contribution in [2.45, 2.75) is 71.3 Å². The summed E-state index contributed by atoms with van der Waals surface area (Å²) in [6, 6.07) is 0. The summed E-state index contributed by atoms with van der Waals surface area (Å²) in [6.07, 6.45) is 11.0. The minimum Gasteiger partial charge on any atom is -0.369 e. The first kappa shape index (κ1) is 16.9. The van der Waals surface area contributed by atoms with E-state index < -0.39 is 0 Å². The minimum atomic E-state index is 0.0540. The van der Waals surface area contributed by atoms with E-state index in [4.69, 9.17) is 4.74 Å². The highest BCUT2D eigenvalue weighted by Crippen LogP contribution is 2.64. The van der Waals surface area contributed by atoms with E-state index in [0.29, 0.717) is 22.3 Å². The first-order valence-corrected chi connectivity index (χ1v) is 9.07. The molecule has 0 unspecified atom stereocenters. The molecule has 3 nitrogen and oxygen atoms in total. The maximum absolute atomic E-state index is 11.1. The summed E-state index contributed by atoms with van der Waals surface area (Å²) in [6.45, 7) is 8.12. The maximum atomic E-state index is 11.1. The summed E-state index contributed by atoms with van der Waals surface area (Å²) in [5.41, 5.74) is 1.43. The summed E-state index contributed by atoms with van der Waals surface area (Å²) in [5, 5.41) is 0. The zero-order valence-corrected chi connectivity index (χ0v) is 14.8. The van der Waals surface area contributed by atoms with Crippen LogP contribution in [0.15, 0.2) is 11.6 Å². The molecule has 128 valence electrons. The topological polar surface area (TPSA) is 46.7 Å². The highest BCUT2D eigenvalue weighted by molar-refractivity contribution is 5.78. The van der Waals surface area contributed by atoms with Crippen LogP contribution in [0.5, 0.6) is 0 Å². The predicted octanol–water partition coefficient (Wildman–Crippen LogP) is 4.10. The van der Waals surface area contributed by atoms with E-state index in [1.807, 2.05) is 6.08 Å². The lowest BCUT2D eigenvalue weighted by atomic mass is 9.48. The second-order valence-electron chi connectivity index (χ2n) is 9.02. The molecule has 3 heteroatoms. The molecule has 23 heavy (non-hydrogen) atoms. The number of carbonyl (C=O) groups excluding carboxylic acids is 2. The Morgan fingerprint density at radius 1 is 1.17 bits per heavy atom. The molecule has 3 rings (SSSR count). The fourth-order valence-electron chi connectivity index (χ4n) is 5.37. The van der Waals surface area contributed by atoms with Crippen molar-refractivity contribution in [1.29, 1.82) is 0 Å². The van der Waals surface area contributed by atoms with Gasteiger partial charge in [0.25, 0.3) is 0 Å². The van der Waals surface area contributed by atoms with E-state index in [-0.39, 0.29) is 12.0 Å². The highest BCUT2D eigenvalue weighted by Gasteiger charge is 2.63. The molecule has 3 fully saturated rings. The van der Waals surface area contributed by atoms with Crippen molar-refractivity contribution >= 4 is 12.6 Å². The molecule has 0 N–H and O–H groups in total. The summed E-state index contributed by atoms with van der Waals surface area (Å²) in [7, 11) is 0. The second-order valence-corrected chi connectivity index (χ2v) is 9.02. The van der Waals surface area contributed by atoms with Gasteiger partial charge in [0.15, 0.2) is 0 Å². The first-order chi connectivity index (χ1) is 10.9. The minimum absolute atomic E-state index is 0.0540. The Kier molecular flexibility index (Phi) is 4.29. The zero-order chi connectivity index (χ0) is 16.7. The van der Waals surface area contributed by atoms with Gasteiger partial charge in [0.2, 0.25) is 0 Å². The molecule has 0 aromatic rings. The van der Waals surface area contributed by atoms with Gasteiger partial charge in [0.05, 0.1) is 12.2 Å². The van der Waals surface area contributed by atoms with E-state index in [0.717, 1.165) is 37.9 Å². The molecule has 1 saturated heterocycles. The molecule has 0 aromatic carbocycles. The lowest BCUT2D eigenvalue weighted by Crippen LogP contribution is -2.51. The van der Waals surface area contributed by atoms with Gasteiger partial charge in [-0.15, -0.1) is 0 Å². The molecule has 0 aromatic heterocycles. The molecule has 1 aliphatic heterocycles. The Labute approximate surface area is 139 Å². The second kappa shape index (κ2) is 5.84. The zero-order valence-electron chi connectivity index (χ0n) is 14.8. The van der Waals surface area contributed by atoms with Gasteiger partial charge in [-0.2, -0.15) is 0 Å². The molecular formula is C20H30O3. The molecule has 2 saturated carbocycles. The van der Waals surface area contributed by atoms with Crippen LogP contribution in [0.3, 0.4) is 0 Å². The Morgan fingerprint density at radius 3 is 2.52 bits per heavy atom. The van der Waals surface area contributed by atoms with Crippen molar-refractivity contribution in [1.82, 2.24) is 0 Å². The maximum Gasteiger partial charge on any atom is 0.146 e. The van der Waals surface area contributed by atoms with Crippen molar-refractivity contribution in [3.05, 3.63) is 11.6 Å². The average Bonchev–Trinajstić information content (AvgIpc) is 3.27. The number of ether oxygens (including phenoxy) is 1. The van der Waals surface area contributed by atoms with Gasteiger partial charge in [0, 0.05) is 6.42 Å². The third-order valence-corrected chi connectivity index (χ3v) is 7.02. The van der Waals surface area contributed by atoms with Gasteiger partial charge in [0.1, 0.15) is 12.6 Å². The SMILES string of the molecule is CC1(C)CC[C@@]2(C)[C@@H](CC[C@@]3(CO3)[C@@H]2C/C=C(\C=O)CC=O)C1. The average molecular weight is 318 g/mol. The number of allylic oxidation sites excluding steroid dienone is 2. The molecule has 2 aliphatic carbocycles. The lowest BCUT2D eigenvalue weighted by molar-refractivity contribution is -0.109. The molecule has 4 atom stereocenters. The van der Waals surface area contributed by atoms with E-state index in [9.17, 15) is 9.59 Å².